The highest BCUT2D eigenvalue weighted by Gasteiger charge is 2.27. The first-order valence-electron chi connectivity index (χ1n) is 9.39. The molecule has 0 saturated heterocycles. The van der Waals surface area contributed by atoms with Gasteiger partial charge in [0, 0.05) is 5.41 Å². The third-order valence-electron chi connectivity index (χ3n) is 4.93. The lowest BCUT2D eigenvalue weighted by Gasteiger charge is -2.29. The summed E-state index contributed by atoms with van der Waals surface area (Å²) in [4.78, 5) is 0. The molecule has 7 heteroatoms. The van der Waals surface area contributed by atoms with Crippen molar-refractivity contribution in [2.75, 3.05) is 26.4 Å². The van der Waals surface area contributed by atoms with Gasteiger partial charge in [0.1, 0.15) is 24.2 Å². The minimum absolute atomic E-state index is 0.0491. The van der Waals surface area contributed by atoms with Crippen LogP contribution in [0.1, 0.15) is 36.1 Å². The second kappa shape index (κ2) is 10.3. The molecule has 0 unspecified atom stereocenters. The summed E-state index contributed by atoms with van der Waals surface area (Å²) in [7, 11) is 0. The van der Waals surface area contributed by atoms with E-state index >= 15 is 0 Å². The SMILES string of the molecule is Cc1cc(C(C)(C)c2cc(Br)c(OCCO)c(Br)c2)cc(C)c1OC(CO)CO. The van der Waals surface area contributed by atoms with E-state index in [1.807, 2.05) is 26.0 Å². The molecule has 0 bridgehead atoms. The van der Waals surface area contributed by atoms with Gasteiger partial charge in [0.2, 0.25) is 0 Å². The van der Waals surface area contributed by atoms with E-state index in [0.717, 1.165) is 31.2 Å². The van der Waals surface area contributed by atoms with E-state index in [1.165, 1.54) is 0 Å². The lowest BCUT2D eigenvalue weighted by Crippen LogP contribution is -2.26. The molecule has 0 aromatic heterocycles. The highest BCUT2D eigenvalue weighted by atomic mass is 79.9. The maximum atomic E-state index is 9.31. The van der Waals surface area contributed by atoms with Crippen molar-refractivity contribution in [3.63, 3.8) is 0 Å². The number of aryl methyl sites for hydroxylation is 2. The van der Waals surface area contributed by atoms with Crippen LogP contribution in [-0.2, 0) is 5.41 Å². The maximum Gasteiger partial charge on any atom is 0.147 e. The van der Waals surface area contributed by atoms with Crippen molar-refractivity contribution in [2.24, 2.45) is 0 Å². The number of aliphatic hydroxyl groups excluding tert-OH is 3. The Kier molecular flexibility index (Phi) is 8.55. The number of hydrogen-bond acceptors (Lipinski definition) is 5. The Balaban J connectivity index is 2.43. The Bertz CT molecular complexity index is 801. The van der Waals surface area contributed by atoms with Crippen molar-refractivity contribution in [3.8, 4) is 11.5 Å². The van der Waals surface area contributed by atoms with Crippen LogP contribution in [0.3, 0.4) is 0 Å². The van der Waals surface area contributed by atoms with Crippen molar-refractivity contribution in [3.05, 3.63) is 55.5 Å². The molecule has 2 rings (SSSR count). The summed E-state index contributed by atoms with van der Waals surface area (Å²) in [6.45, 7) is 7.92. The molecule has 0 fully saturated rings. The molecule has 0 aliphatic heterocycles. The summed E-state index contributed by atoms with van der Waals surface area (Å²) < 4.78 is 13.0. The predicted octanol–water partition coefficient (Wildman–Crippen LogP) is 4.26. The molecule has 0 radical (unpaired) electrons. The van der Waals surface area contributed by atoms with Gasteiger partial charge in [0.05, 0.1) is 28.8 Å². The van der Waals surface area contributed by atoms with E-state index in [0.29, 0.717) is 11.5 Å². The molecule has 160 valence electrons. The number of rotatable bonds is 9. The first kappa shape index (κ1) is 24.2. The summed E-state index contributed by atoms with van der Waals surface area (Å²) in [5, 5.41) is 27.6. The van der Waals surface area contributed by atoms with Gasteiger partial charge in [-0.05, 0) is 80.1 Å². The van der Waals surface area contributed by atoms with Crippen LogP contribution in [0.4, 0.5) is 0 Å². The fraction of sp³-hybridized carbons (Fsp3) is 0.455. The fourth-order valence-electron chi connectivity index (χ4n) is 3.17. The average molecular weight is 532 g/mol. The minimum atomic E-state index is -0.635. The number of ether oxygens (including phenoxy) is 2. The third kappa shape index (κ3) is 5.52. The highest BCUT2D eigenvalue weighted by Crippen LogP contribution is 2.42. The summed E-state index contributed by atoms with van der Waals surface area (Å²) in [5.41, 5.74) is 3.79. The van der Waals surface area contributed by atoms with Gasteiger partial charge in [-0.25, -0.2) is 0 Å². The topological polar surface area (TPSA) is 79.2 Å². The van der Waals surface area contributed by atoms with Gasteiger partial charge in [0.25, 0.3) is 0 Å². The lowest BCUT2D eigenvalue weighted by molar-refractivity contribution is 0.0619. The Morgan fingerprint density at radius 1 is 0.862 bits per heavy atom. The van der Waals surface area contributed by atoms with Gasteiger partial charge < -0.3 is 24.8 Å². The van der Waals surface area contributed by atoms with Crippen LogP contribution in [-0.4, -0.2) is 47.9 Å². The zero-order valence-corrected chi connectivity index (χ0v) is 20.3. The van der Waals surface area contributed by atoms with Crippen molar-refractivity contribution in [1.82, 2.24) is 0 Å². The van der Waals surface area contributed by atoms with Gasteiger partial charge in [-0.1, -0.05) is 26.0 Å². The molecule has 3 N–H and O–H groups in total. The molecular weight excluding hydrogens is 504 g/mol. The molecule has 5 nitrogen and oxygen atoms in total. The maximum absolute atomic E-state index is 9.31. The predicted molar refractivity (Wildman–Crippen MR) is 121 cm³/mol. The van der Waals surface area contributed by atoms with Crippen molar-refractivity contribution < 1.29 is 24.8 Å². The van der Waals surface area contributed by atoms with Crippen molar-refractivity contribution >= 4 is 31.9 Å². The van der Waals surface area contributed by atoms with E-state index < -0.39 is 6.10 Å². The molecule has 0 spiro atoms. The monoisotopic (exact) mass is 530 g/mol. The number of hydrogen-bond donors (Lipinski definition) is 3. The van der Waals surface area contributed by atoms with E-state index in [2.05, 4.69) is 57.8 Å². The van der Waals surface area contributed by atoms with Crippen LogP contribution in [0.5, 0.6) is 11.5 Å². The van der Waals surface area contributed by atoms with Crippen molar-refractivity contribution in [1.29, 1.82) is 0 Å². The fourth-order valence-corrected chi connectivity index (χ4v) is 4.58. The lowest BCUT2D eigenvalue weighted by atomic mass is 9.77. The Labute approximate surface area is 188 Å². The Morgan fingerprint density at radius 2 is 1.34 bits per heavy atom. The van der Waals surface area contributed by atoms with Crippen LogP contribution in [0.25, 0.3) is 0 Å². The molecule has 0 aliphatic carbocycles. The summed E-state index contributed by atoms with van der Waals surface area (Å²) in [6.07, 6.45) is -0.635. The van der Waals surface area contributed by atoms with Gasteiger partial charge in [-0.3, -0.25) is 0 Å². The molecule has 2 aromatic rings. The number of halogens is 2. The quantitative estimate of drug-likeness (QED) is 0.450. The van der Waals surface area contributed by atoms with Gasteiger partial charge in [-0.15, -0.1) is 0 Å². The largest absolute Gasteiger partial charge is 0.489 e. The zero-order valence-electron chi connectivity index (χ0n) is 17.1. The van der Waals surface area contributed by atoms with Gasteiger partial charge in [-0.2, -0.15) is 0 Å². The number of aliphatic hydroxyl groups is 3. The standard InChI is InChI=1S/C22H28Br2O5/c1-13-7-15(8-14(2)20(13)29-17(11-26)12-27)22(3,4)16-9-18(23)21(19(24)10-16)28-6-5-25/h7-10,17,25-27H,5-6,11-12H2,1-4H3. The van der Waals surface area contributed by atoms with Crippen LogP contribution in [0.2, 0.25) is 0 Å². The van der Waals surface area contributed by atoms with Gasteiger partial charge in [0.15, 0.2) is 0 Å². The van der Waals surface area contributed by atoms with Crippen LogP contribution >= 0.6 is 31.9 Å². The number of benzene rings is 2. The second-order valence-corrected chi connectivity index (χ2v) is 9.22. The molecule has 0 aliphatic rings. The Morgan fingerprint density at radius 3 is 1.79 bits per heavy atom. The normalized spacial score (nSPS) is 11.8. The van der Waals surface area contributed by atoms with Crippen LogP contribution in [0.15, 0.2) is 33.2 Å². The summed E-state index contributed by atoms with van der Waals surface area (Å²) >= 11 is 7.15. The first-order chi connectivity index (χ1) is 13.6. The van der Waals surface area contributed by atoms with Crippen LogP contribution < -0.4 is 9.47 Å². The second-order valence-electron chi connectivity index (χ2n) is 7.51. The zero-order chi connectivity index (χ0) is 21.8. The molecule has 0 atom stereocenters. The molecule has 0 saturated carbocycles. The summed E-state index contributed by atoms with van der Waals surface area (Å²) in [5.74, 6) is 1.35. The molecule has 29 heavy (non-hydrogen) atoms. The van der Waals surface area contributed by atoms with Crippen molar-refractivity contribution in [2.45, 2.75) is 39.2 Å². The minimum Gasteiger partial charge on any atom is -0.489 e. The smallest absolute Gasteiger partial charge is 0.147 e. The van der Waals surface area contributed by atoms with Crippen LogP contribution in [0, 0.1) is 13.8 Å². The van der Waals surface area contributed by atoms with E-state index in [-0.39, 0.29) is 31.8 Å². The Hall–Kier alpha value is -1.12. The first-order valence-corrected chi connectivity index (χ1v) is 11.0. The van der Waals surface area contributed by atoms with Gasteiger partial charge >= 0.3 is 0 Å². The summed E-state index contributed by atoms with van der Waals surface area (Å²) in [6, 6.07) is 8.21. The highest BCUT2D eigenvalue weighted by molar-refractivity contribution is 9.11. The molecule has 2 aromatic carbocycles. The third-order valence-corrected chi connectivity index (χ3v) is 6.11. The average Bonchev–Trinajstić information content (AvgIpc) is 2.66. The molecule has 0 amide bonds. The van der Waals surface area contributed by atoms with E-state index in [1.54, 1.807) is 0 Å². The van der Waals surface area contributed by atoms with E-state index in [9.17, 15) is 10.2 Å². The van der Waals surface area contributed by atoms with E-state index in [4.69, 9.17) is 14.6 Å². The molecular formula is C22H28Br2O5. The molecule has 0 heterocycles.